The fourth-order valence-corrected chi connectivity index (χ4v) is 3.20. The second-order valence-electron chi connectivity index (χ2n) is 7.52. The minimum absolute atomic E-state index is 0.254. The molecule has 0 aliphatic heterocycles. The Bertz CT molecular complexity index is 974. The van der Waals surface area contributed by atoms with E-state index >= 15 is 0 Å². The minimum Gasteiger partial charge on any atom is -0.444 e. The van der Waals surface area contributed by atoms with E-state index in [0.29, 0.717) is 6.54 Å². The van der Waals surface area contributed by atoms with Crippen LogP contribution >= 0.6 is 15.9 Å². The maximum absolute atomic E-state index is 12.1. The SMILES string of the molecule is CC(C)(C)OC(=O)NCC(N=Cc1ccccc1)c1c[nH]c2ccc(Br)cc12. The molecule has 6 heteroatoms. The summed E-state index contributed by atoms with van der Waals surface area (Å²) in [5.74, 6) is 0. The second kappa shape index (κ2) is 8.61. The van der Waals surface area contributed by atoms with Crippen LogP contribution < -0.4 is 5.32 Å². The number of hydrogen-bond acceptors (Lipinski definition) is 3. The third-order valence-electron chi connectivity index (χ3n) is 4.08. The molecule has 1 aromatic heterocycles. The molecule has 0 saturated heterocycles. The molecule has 2 N–H and O–H groups in total. The molecule has 0 spiro atoms. The molecule has 3 aromatic rings. The maximum atomic E-state index is 12.1. The van der Waals surface area contributed by atoms with Crippen molar-refractivity contribution in [2.75, 3.05) is 6.54 Å². The molecule has 0 radical (unpaired) electrons. The van der Waals surface area contributed by atoms with Gasteiger partial charge in [-0.1, -0.05) is 46.3 Å². The molecule has 0 saturated carbocycles. The van der Waals surface area contributed by atoms with Crippen molar-refractivity contribution < 1.29 is 9.53 Å². The molecule has 1 atom stereocenters. The normalized spacial score (nSPS) is 13.0. The predicted molar refractivity (Wildman–Crippen MR) is 117 cm³/mol. The molecular weight excluding hydrogens is 418 g/mol. The van der Waals surface area contributed by atoms with Crippen LogP contribution in [0.25, 0.3) is 10.9 Å². The maximum Gasteiger partial charge on any atom is 0.407 e. The predicted octanol–water partition coefficient (Wildman–Crippen LogP) is 5.62. The van der Waals surface area contributed by atoms with Crippen LogP contribution in [-0.4, -0.2) is 29.4 Å². The number of H-pyrrole nitrogens is 1. The number of nitrogens with one attached hydrogen (secondary N) is 2. The number of alkyl carbamates (subject to hydrolysis) is 1. The first-order valence-corrected chi connectivity index (χ1v) is 9.93. The average molecular weight is 442 g/mol. The highest BCUT2D eigenvalue weighted by atomic mass is 79.9. The Hall–Kier alpha value is -2.60. The Morgan fingerprint density at radius 1 is 1.25 bits per heavy atom. The molecule has 0 bridgehead atoms. The van der Waals surface area contributed by atoms with Gasteiger partial charge in [0.25, 0.3) is 0 Å². The highest BCUT2D eigenvalue weighted by molar-refractivity contribution is 9.10. The first-order valence-electron chi connectivity index (χ1n) is 9.13. The van der Waals surface area contributed by atoms with Gasteiger partial charge >= 0.3 is 6.09 Å². The van der Waals surface area contributed by atoms with Crippen LogP contribution in [0, 0.1) is 0 Å². The van der Waals surface area contributed by atoms with Crippen molar-refractivity contribution in [1.82, 2.24) is 10.3 Å². The number of halogens is 1. The summed E-state index contributed by atoms with van der Waals surface area (Å²) in [6, 6.07) is 15.7. The summed E-state index contributed by atoms with van der Waals surface area (Å²) in [6.07, 6.45) is 3.33. The summed E-state index contributed by atoms with van der Waals surface area (Å²) in [5.41, 5.74) is 2.50. The van der Waals surface area contributed by atoms with Gasteiger partial charge in [-0.3, -0.25) is 4.99 Å². The van der Waals surface area contributed by atoms with Gasteiger partial charge in [-0.05, 0) is 44.5 Å². The standard InChI is InChI=1S/C22H24BrN3O2/c1-22(2,3)28-21(27)26-14-20(24-12-15-7-5-4-6-8-15)18-13-25-19-10-9-16(23)11-17(18)19/h4-13,20,25H,14H2,1-3H3,(H,26,27). The molecule has 1 amide bonds. The third-order valence-corrected chi connectivity index (χ3v) is 4.57. The molecule has 1 unspecified atom stereocenters. The number of amides is 1. The van der Waals surface area contributed by atoms with E-state index in [1.165, 1.54) is 0 Å². The number of aromatic amines is 1. The molecule has 2 aromatic carbocycles. The number of aromatic nitrogens is 1. The summed E-state index contributed by atoms with van der Waals surface area (Å²) in [4.78, 5) is 20.2. The van der Waals surface area contributed by atoms with Crippen LogP contribution in [0.4, 0.5) is 4.79 Å². The van der Waals surface area contributed by atoms with Gasteiger partial charge < -0.3 is 15.0 Å². The van der Waals surface area contributed by atoms with Crippen molar-refractivity contribution in [2.24, 2.45) is 4.99 Å². The van der Waals surface area contributed by atoms with Crippen LogP contribution in [-0.2, 0) is 4.74 Å². The Kier molecular flexibility index (Phi) is 6.19. The quantitative estimate of drug-likeness (QED) is 0.504. The number of ether oxygens (including phenoxy) is 1. The fraction of sp³-hybridized carbons (Fsp3) is 0.273. The summed E-state index contributed by atoms with van der Waals surface area (Å²) >= 11 is 3.53. The van der Waals surface area contributed by atoms with E-state index in [2.05, 4.69) is 32.3 Å². The van der Waals surface area contributed by atoms with Gasteiger partial charge in [-0.25, -0.2) is 4.79 Å². The van der Waals surface area contributed by atoms with Crippen molar-refractivity contribution in [3.8, 4) is 0 Å². The number of nitrogens with zero attached hydrogens (tertiary/aromatic N) is 1. The lowest BCUT2D eigenvalue weighted by molar-refractivity contribution is 0.0525. The summed E-state index contributed by atoms with van der Waals surface area (Å²) in [5, 5.41) is 3.91. The van der Waals surface area contributed by atoms with Gasteiger partial charge in [-0.15, -0.1) is 0 Å². The van der Waals surface area contributed by atoms with E-state index in [1.54, 1.807) is 0 Å². The Labute approximate surface area is 173 Å². The monoisotopic (exact) mass is 441 g/mol. The highest BCUT2D eigenvalue weighted by Crippen LogP contribution is 2.29. The molecular formula is C22H24BrN3O2. The second-order valence-corrected chi connectivity index (χ2v) is 8.44. The van der Waals surface area contributed by atoms with E-state index in [4.69, 9.17) is 9.73 Å². The first kappa shape index (κ1) is 20.1. The summed E-state index contributed by atoms with van der Waals surface area (Å²) < 4.78 is 6.35. The zero-order valence-electron chi connectivity index (χ0n) is 16.2. The van der Waals surface area contributed by atoms with Crippen molar-refractivity contribution >= 4 is 39.1 Å². The van der Waals surface area contributed by atoms with Crippen LogP contribution in [0.5, 0.6) is 0 Å². The zero-order chi connectivity index (χ0) is 20.1. The number of carbonyl (C=O) groups is 1. The van der Waals surface area contributed by atoms with Crippen molar-refractivity contribution in [1.29, 1.82) is 0 Å². The minimum atomic E-state index is -0.543. The van der Waals surface area contributed by atoms with Crippen LogP contribution in [0.15, 0.2) is 64.2 Å². The lowest BCUT2D eigenvalue weighted by Gasteiger charge is -2.21. The van der Waals surface area contributed by atoms with Crippen molar-refractivity contribution in [3.05, 3.63) is 70.3 Å². The highest BCUT2D eigenvalue weighted by Gasteiger charge is 2.19. The van der Waals surface area contributed by atoms with Gasteiger partial charge in [-0.2, -0.15) is 0 Å². The zero-order valence-corrected chi connectivity index (χ0v) is 17.8. The van der Waals surface area contributed by atoms with Crippen LogP contribution in [0.1, 0.15) is 37.9 Å². The van der Waals surface area contributed by atoms with Crippen LogP contribution in [0.2, 0.25) is 0 Å². The van der Waals surface area contributed by atoms with Gasteiger partial charge in [0.2, 0.25) is 0 Å². The number of hydrogen-bond donors (Lipinski definition) is 2. The van der Waals surface area contributed by atoms with Gasteiger partial charge in [0.05, 0.1) is 6.04 Å². The molecule has 1 heterocycles. The Morgan fingerprint density at radius 2 is 2.00 bits per heavy atom. The van der Waals surface area contributed by atoms with E-state index in [9.17, 15) is 4.79 Å². The molecule has 0 aliphatic rings. The van der Waals surface area contributed by atoms with Crippen molar-refractivity contribution in [3.63, 3.8) is 0 Å². The number of rotatable bonds is 5. The number of benzene rings is 2. The van der Waals surface area contributed by atoms with Gasteiger partial charge in [0.1, 0.15) is 5.60 Å². The van der Waals surface area contributed by atoms with Gasteiger partial charge in [0.15, 0.2) is 0 Å². The van der Waals surface area contributed by atoms with E-state index < -0.39 is 11.7 Å². The van der Waals surface area contributed by atoms with E-state index in [1.807, 2.05) is 75.6 Å². The van der Waals surface area contributed by atoms with Gasteiger partial charge in [0, 0.05) is 39.9 Å². The molecule has 28 heavy (non-hydrogen) atoms. The topological polar surface area (TPSA) is 66.5 Å². The van der Waals surface area contributed by atoms with E-state index in [-0.39, 0.29) is 6.04 Å². The number of aliphatic imine (C=N–C) groups is 1. The fourth-order valence-electron chi connectivity index (χ4n) is 2.84. The first-order chi connectivity index (χ1) is 13.3. The van der Waals surface area contributed by atoms with Crippen molar-refractivity contribution in [2.45, 2.75) is 32.4 Å². The lowest BCUT2D eigenvalue weighted by Crippen LogP contribution is -2.34. The largest absolute Gasteiger partial charge is 0.444 e. The molecule has 5 nitrogen and oxygen atoms in total. The molecule has 0 fully saturated rings. The lowest BCUT2D eigenvalue weighted by atomic mass is 10.1. The summed E-state index contributed by atoms with van der Waals surface area (Å²) in [6.45, 7) is 5.86. The number of carbonyl (C=O) groups excluding carboxylic acids is 1. The third kappa shape index (κ3) is 5.45. The molecule has 146 valence electrons. The molecule has 3 rings (SSSR count). The number of fused-ring (bicyclic) bond motifs is 1. The average Bonchev–Trinajstić information content (AvgIpc) is 3.04. The van der Waals surface area contributed by atoms with E-state index in [0.717, 1.165) is 26.5 Å². The smallest absolute Gasteiger partial charge is 0.407 e. The Balaban J connectivity index is 1.86. The molecule has 0 aliphatic carbocycles. The van der Waals surface area contributed by atoms with Crippen LogP contribution in [0.3, 0.4) is 0 Å². The Morgan fingerprint density at radius 3 is 2.71 bits per heavy atom. The summed E-state index contributed by atoms with van der Waals surface area (Å²) in [7, 11) is 0.